The Morgan fingerprint density at radius 3 is 2.68 bits per heavy atom. The number of hydrogen-bond donors (Lipinski definition) is 2. The van der Waals surface area contributed by atoms with Crippen molar-refractivity contribution in [2.24, 2.45) is 0 Å². The number of methoxy groups -OCH3 is 1. The summed E-state index contributed by atoms with van der Waals surface area (Å²) in [5.41, 5.74) is 4.23. The van der Waals surface area contributed by atoms with Crippen LogP contribution in [0.4, 0.5) is 4.79 Å². The first-order valence-electron chi connectivity index (χ1n) is 9.42. The van der Waals surface area contributed by atoms with Crippen molar-refractivity contribution < 1.29 is 14.3 Å². The first-order valence-corrected chi connectivity index (χ1v) is 9.42. The van der Waals surface area contributed by atoms with E-state index in [4.69, 9.17) is 4.74 Å². The van der Waals surface area contributed by atoms with Gasteiger partial charge in [-0.2, -0.15) is 0 Å². The Bertz CT molecular complexity index is 997. The molecule has 0 aliphatic carbocycles. The van der Waals surface area contributed by atoms with E-state index in [9.17, 15) is 9.59 Å². The summed E-state index contributed by atoms with van der Waals surface area (Å²) in [7, 11) is 1.36. The average Bonchev–Trinajstić information content (AvgIpc) is 3.10. The third-order valence-electron chi connectivity index (χ3n) is 5.27. The lowest BCUT2D eigenvalue weighted by Gasteiger charge is -2.33. The van der Waals surface area contributed by atoms with Crippen LogP contribution in [0.2, 0.25) is 0 Å². The molecular weight excluding hydrogens is 354 g/mol. The van der Waals surface area contributed by atoms with Gasteiger partial charge in [0, 0.05) is 29.6 Å². The number of carbonyl (C=O) groups excluding carboxylic acids is 2. The number of nitrogens with zero attached hydrogens (tertiary/aromatic N) is 1. The van der Waals surface area contributed by atoms with E-state index in [0.717, 1.165) is 34.1 Å². The van der Waals surface area contributed by atoms with E-state index in [1.807, 2.05) is 54.6 Å². The Kier molecular flexibility index (Phi) is 5.02. The van der Waals surface area contributed by atoms with Crippen molar-refractivity contribution in [3.8, 4) is 0 Å². The van der Waals surface area contributed by atoms with Crippen LogP contribution in [0, 0.1) is 0 Å². The van der Waals surface area contributed by atoms with Gasteiger partial charge in [0.1, 0.15) is 6.04 Å². The second kappa shape index (κ2) is 7.76. The van der Waals surface area contributed by atoms with Crippen LogP contribution in [0.15, 0.2) is 54.6 Å². The van der Waals surface area contributed by atoms with E-state index in [-0.39, 0.29) is 6.03 Å². The average molecular weight is 377 g/mol. The number of hydrogen-bond acceptors (Lipinski definition) is 3. The molecule has 2 aromatic carbocycles. The van der Waals surface area contributed by atoms with E-state index in [1.54, 1.807) is 4.90 Å². The molecule has 28 heavy (non-hydrogen) atoms. The van der Waals surface area contributed by atoms with Crippen molar-refractivity contribution in [1.82, 2.24) is 15.2 Å². The smallest absolute Gasteiger partial charge is 0.329 e. The third-order valence-corrected chi connectivity index (χ3v) is 5.27. The summed E-state index contributed by atoms with van der Waals surface area (Å²) >= 11 is 0. The maximum atomic E-state index is 12.8. The molecule has 1 aliphatic heterocycles. The molecule has 2 heterocycles. The fraction of sp³-hybridized carbons (Fsp3) is 0.273. The number of aromatic nitrogens is 1. The summed E-state index contributed by atoms with van der Waals surface area (Å²) in [5, 5.41) is 4.03. The molecule has 0 radical (unpaired) electrons. The van der Waals surface area contributed by atoms with Crippen LogP contribution in [0.1, 0.15) is 16.8 Å². The van der Waals surface area contributed by atoms with Crippen LogP contribution >= 0.6 is 0 Å². The monoisotopic (exact) mass is 377 g/mol. The molecule has 1 aromatic heterocycles. The lowest BCUT2D eigenvalue weighted by molar-refractivity contribution is -0.146. The molecule has 1 aliphatic rings. The Labute approximate surface area is 163 Å². The molecule has 0 fully saturated rings. The molecule has 2 amide bonds. The molecule has 0 unspecified atom stereocenters. The van der Waals surface area contributed by atoms with Crippen molar-refractivity contribution in [2.45, 2.75) is 25.4 Å². The first-order chi connectivity index (χ1) is 13.7. The van der Waals surface area contributed by atoms with Crippen LogP contribution in [0.3, 0.4) is 0 Å². The van der Waals surface area contributed by atoms with Gasteiger partial charge in [0.2, 0.25) is 0 Å². The number of fused-ring (bicyclic) bond motifs is 3. The minimum Gasteiger partial charge on any atom is -0.467 e. The minimum atomic E-state index is -0.631. The fourth-order valence-electron chi connectivity index (χ4n) is 3.83. The Morgan fingerprint density at radius 1 is 1.14 bits per heavy atom. The molecule has 0 saturated heterocycles. The maximum Gasteiger partial charge on any atom is 0.329 e. The number of urea groups is 1. The molecular formula is C22H23N3O3. The molecule has 4 rings (SSSR count). The summed E-state index contributed by atoms with van der Waals surface area (Å²) in [5.74, 6) is -0.394. The van der Waals surface area contributed by atoms with Crippen LogP contribution in [-0.4, -0.2) is 41.6 Å². The molecule has 144 valence electrons. The molecule has 2 N–H and O–H groups in total. The number of carbonyl (C=O) groups is 2. The minimum absolute atomic E-state index is 0.254. The van der Waals surface area contributed by atoms with Crippen molar-refractivity contribution in [3.05, 3.63) is 71.4 Å². The molecule has 1 atom stereocenters. The number of ether oxygens (including phenoxy) is 1. The fourth-order valence-corrected chi connectivity index (χ4v) is 3.83. The highest BCUT2D eigenvalue weighted by molar-refractivity contribution is 5.89. The molecule has 3 aromatic rings. The van der Waals surface area contributed by atoms with Gasteiger partial charge < -0.3 is 19.9 Å². The number of para-hydroxylation sites is 1. The highest BCUT2D eigenvalue weighted by atomic mass is 16.5. The number of H-pyrrole nitrogens is 1. The van der Waals surface area contributed by atoms with Gasteiger partial charge in [0.05, 0.1) is 13.7 Å². The van der Waals surface area contributed by atoms with E-state index in [2.05, 4.69) is 10.3 Å². The van der Waals surface area contributed by atoms with Gasteiger partial charge in [0.15, 0.2) is 0 Å². The highest BCUT2D eigenvalue weighted by Gasteiger charge is 2.37. The second-order valence-electron chi connectivity index (χ2n) is 6.97. The zero-order chi connectivity index (χ0) is 19.5. The molecule has 6 heteroatoms. The van der Waals surface area contributed by atoms with Crippen molar-refractivity contribution in [1.29, 1.82) is 0 Å². The number of rotatable bonds is 4. The predicted molar refractivity (Wildman–Crippen MR) is 107 cm³/mol. The normalized spacial score (nSPS) is 15.9. The quantitative estimate of drug-likeness (QED) is 0.687. The van der Waals surface area contributed by atoms with Crippen molar-refractivity contribution in [3.63, 3.8) is 0 Å². The number of esters is 1. The second-order valence-corrected chi connectivity index (χ2v) is 6.97. The van der Waals surface area contributed by atoms with Gasteiger partial charge in [-0.25, -0.2) is 9.59 Å². The molecule has 0 spiro atoms. The third kappa shape index (κ3) is 3.45. The zero-order valence-corrected chi connectivity index (χ0v) is 15.8. The highest BCUT2D eigenvalue weighted by Crippen LogP contribution is 2.30. The lowest BCUT2D eigenvalue weighted by Crippen LogP contribution is -2.52. The number of amides is 2. The van der Waals surface area contributed by atoms with Gasteiger partial charge in [-0.05, 0) is 23.6 Å². The van der Waals surface area contributed by atoms with E-state index in [0.29, 0.717) is 19.5 Å². The first kappa shape index (κ1) is 18.1. The summed E-state index contributed by atoms with van der Waals surface area (Å²) < 4.78 is 4.98. The van der Waals surface area contributed by atoms with Gasteiger partial charge in [-0.1, -0.05) is 48.5 Å². The van der Waals surface area contributed by atoms with Gasteiger partial charge >= 0.3 is 12.0 Å². The summed E-state index contributed by atoms with van der Waals surface area (Å²) in [6.07, 6.45) is 1.18. The van der Waals surface area contributed by atoms with Crippen LogP contribution in [0.25, 0.3) is 10.9 Å². The number of aromatic amines is 1. The molecule has 6 nitrogen and oxygen atoms in total. The van der Waals surface area contributed by atoms with E-state index >= 15 is 0 Å². The molecule has 0 bridgehead atoms. The summed E-state index contributed by atoms with van der Waals surface area (Å²) in [4.78, 5) is 30.2. The van der Waals surface area contributed by atoms with Gasteiger partial charge in [0.25, 0.3) is 0 Å². The largest absolute Gasteiger partial charge is 0.467 e. The topological polar surface area (TPSA) is 74.4 Å². The van der Waals surface area contributed by atoms with Crippen LogP contribution < -0.4 is 5.32 Å². The van der Waals surface area contributed by atoms with Crippen molar-refractivity contribution >= 4 is 22.9 Å². The molecule has 0 saturated carbocycles. The predicted octanol–water partition coefficient (Wildman–Crippen LogP) is 3.02. The van der Waals surface area contributed by atoms with Crippen LogP contribution in [-0.2, 0) is 28.9 Å². The standard InChI is InChI=1S/C22H23N3O3/c1-28-21(26)20-13-17-16-9-5-6-10-18(16)24-19(17)14-25(20)22(27)23-12-11-15-7-3-2-4-8-15/h2-10,20,24H,11-14H2,1H3,(H,23,27)/t20-/m0/s1. The number of nitrogens with one attached hydrogen (secondary N) is 2. The maximum absolute atomic E-state index is 12.8. The zero-order valence-electron chi connectivity index (χ0n) is 15.8. The van der Waals surface area contributed by atoms with E-state index < -0.39 is 12.0 Å². The lowest BCUT2D eigenvalue weighted by atomic mass is 9.97. The van der Waals surface area contributed by atoms with Gasteiger partial charge in [-0.3, -0.25) is 0 Å². The Balaban J connectivity index is 1.52. The number of benzene rings is 2. The van der Waals surface area contributed by atoms with E-state index in [1.165, 1.54) is 7.11 Å². The Hall–Kier alpha value is -3.28. The SMILES string of the molecule is COC(=O)[C@@H]1Cc2c([nH]c3ccccc23)CN1C(=O)NCCc1ccccc1. The summed E-state index contributed by atoms with van der Waals surface area (Å²) in [6, 6.07) is 17.1. The summed E-state index contributed by atoms with van der Waals surface area (Å²) in [6.45, 7) is 0.855. The van der Waals surface area contributed by atoms with Crippen molar-refractivity contribution in [2.75, 3.05) is 13.7 Å². The Morgan fingerprint density at radius 2 is 1.89 bits per heavy atom. The van der Waals surface area contributed by atoms with Crippen LogP contribution in [0.5, 0.6) is 0 Å². The van der Waals surface area contributed by atoms with Gasteiger partial charge in [-0.15, -0.1) is 0 Å².